The van der Waals surface area contributed by atoms with Crippen LogP contribution in [0.5, 0.6) is 0 Å². The lowest BCUT2D eigenvalue weighted by Gasteiger charge is -2.12. The van der Waals surface area contributed by atoms with E-state index in [1.165, 1.54) is 10.9 Å². The molecule has 2 atom stereocenters. The molecule has 7 nitrogen and oxygen atoms in total. The molecule has 0 aliphatic carbocycles. The topological polar surface area (TPSA) is 102 Å². The van der Waals surface area contributed by atoms with E-state index in [4.69, 9.17) is 5.73 Å². The zero-order valence-corrected chi connectivity index (χ0v) is 10.2. The van der Waals surface area contributed by atoms with Crippen LogP contribution in [-0.2, 0) is 16.1 Å². The average molecular weight is 251 g/mol. The lowest BCUT2D eigenvalue weighted by atomic mass is 9.97. The Hall–Kier alpha value is -1.89. The van der Waals surface area contributed by atoms with Crippen molar-refractivity contribution in [1.82, 2.24) is 15.1 Å². The third kappa shape index (κ3) is 2.86. The molecule has 1 aromatic rings. The van der Waals surface area contributed by atoms with E-state index in [1.807, 2.05) is 6.92 Å². The summed E-state index contributed by atoms with van der Waals surface area (Å²) >= 11 is 0. The molecule has 1 aliphatic rings. The number of nitrogens with zero attached hydrogens (tertiary/aromatic N) is 2. The zero-order chi connectivity index (χ0) is 13.1. The van der Waals surface area contributed by atoms with Gasteiger partial charge >= 0.3 is 0 Å². The van der Waals surface area contributed by atoms with Crippen LogP contribution in [0.2, 0.25) is 0 Å². The Kier molecular flexibility index (Phi) is 3.61. The van der Waals surface area contributed by atoms with Crippen molar-refractivity contribution in [2.45, 2.75) is 13.5 Å². The summed E-state index contributed by atoms with van der Waals surface area (Å²) in [6, 6.07) is 0. The van der Waals surface area contributed by atoms with Gasteiger partial charge in [-0.3, -0.25) is 14.3 Å². The largest absolute Gasteiger partial charge is 0.368 e. The molecule has 1 aromatic heterocycles. The molecular formula is C11H17N5O2. The maximum Gasteiger partial charge on any atom is 0.239 e. The van der Waals surface area contributed by atoms with Crippen LogP contribution in [-0.4, -0.2) is 34.7 Å². The summed E-state index contributed by atoms with van der Waals surface area (Å²) in [4.78, 5) is 22.7. The number of hydrogen-bond acceptors (Lipinski definition) is 4. The second-order valence-corrected chi connectivity index (χ2v) is 4.62. The van der Waals surface area contributed by atoms with Crippen molar-refractivity contribution in [3.63, 3.8) is 0 Å². The molecule has 2 rings (SSSR count). The number of carbonyl (C=O) groups excluding carboxylic acids is 2. The van der Waals surface area contributed by atoms with Gasteiger partial charge in [-0.25, -0.2) is 0 Å². The summed E-state index contributed by atoms with van der Waals surface area (Å²) in [5.74, 6) is -0.189. The number of nitrogens with one attached hydrogen (secondary N) is 2. The number of aromatic nitrogens is 2. The third-order valence-electron chi connectivity index (χ3n) is 3.07. The fourth-order valence-electron chi connectivity index (χ4n) is 2.07. The van der Waals surface area contributed by atoms with Crippen LogP contribution < -0.4 is 16.4 Å². The van der Waals surface area contributed by atoms with Gasteiger partial charge in [0.05, 0.1) is 17.8 Å². The summed E-state index contributed by atoms with van der Waals surface area (Å²) in [5.41, 5.74) is 5.64. The van der Waals surface area contributed by atoms with Crippen molar-refractivity contribution in [3.8, 4) is 0 Å². The van der Waals surface area contributed by atoms with Gasteiger partial charge in [-0.05, 0) is 12.5 Å². The second kappa shape index (κ2) is 5.18. The van der Waals surface area contributed by atoms with E-state index in [1.54, 1.807) is 6.20 Å². The minimum absolute atomic E-state index is 0.0112. The maximum atomic E-state index is 12.0. The van der Waals surface area contributed by atoms with E-state index in [9.17, 15) is 9.59 Å². The predicted molar refractivity (Wildman–Crippen MR) is 65.6 cm³/mol. The van der Waals surface area contributed by atoms with Crippen molar-refractivity contribution < 1.29 is 9.59 Å². The molecule has 18 heavy (non-hydrogen) atoms. The van der Waals surface area contributed by atoms with Gasteiger partial charge in [0.2, 0.25) is 11.8 Å². The fraction of sp³-hybridized carbons (Fsp3) is 0.545. The first-order valence-corrected chi connectivity index (χ1v) is 5.88. The number of primary amides is 1. The highest BCUT2D eigenvalue weighted by Gasteiger charge is 2.29. The van der Waals surface area contributed by atoms with E-state index < -0.39 is 5.91 Å². The highest BCUT2D eigenvalue weighted by atomic mass is 16.2. The van der Waals surface area contributed by atoms with Gasteiger partial charge in [0.15, 0.2) is 0 Å². The van der Waals surface area contributed by atoms with Gasteiger partial charge in [0.1, 0.15) is 6.54 Å². The number of rotatable bonds is 4. The highest BCUT2D eigenvalue weighted by Crippen LogP contribution is 2.18. The van der Waals surface area contributed by atoms with Gasteiger partial charge < -0.3 is 16.4 Å². The van der Waals surface area contributed by atoms with Crippen LogP contribution in [0.25, 0.3) is 0 Å². The van der Waals surface area contributed by atoms with E-state index >= 15 is 0 Å². The van der Waals surface area contributed by atoms with Gasteiger partial charge in [0, 0.05) is 12.7 Å². The van der Waals surface area contributed by atoms with Gasteiger partial charge in [0.25, 0.3) is 0 Å². The minimum atomic E-state index is -0.468. The van der Waals surface area contributed by atoms with E-state index in [2.05, 4.69) is 15.7 Å². The van der Waals surface area contributed by atoms with E-state index in [-0.39, 0.29) is 18.4 Å². The van der Waals surface area contributed by atoms with Gasteiger partial charge in [-0.2, -0.15) is 5.10 Å². The second-order valence-electron chi connectivity index (χ2n) is 4.62. The van der Waals surface area contributed by atoms with Crippen molar-refractivity contribution >= 4 is 17.5 Å². The van der Waals surface area contributed by atoms with E-state index in [0.717, 1.165) is 6.54 Å². The van der Waals surface area contributed by atoms with Crippen molar-refractivity contribution in [1.29, 1.82) is 0 Å². The lowest BCUT2D eigenvalue weighted by Crippen LogP contribution is -2.27. The van der Waals surface area contributed by atoms with E-state index in [0.29, 0.717) is 18.2 Å². The number of amides is 2. The Balaban J connectivity index is 1.94. The van der Waals surface area contributed by atoms with Crippen LogP contribution >= 0.6 is 0 Å². The van der Waals surface area contributed by atoms with Crippen molar-refractivity contribution in [2.75, 3.05) is 18.4 Å². The summed E-state index contributed by atoms with van der Waals surface area (Å²) < 4.78 is 1.40. The highest BCUT2D eigenvalue weighted by molar-refractivity contribution is 5.92. The first-order valence-electron chi connectivity index (χ1n) is 5.88. The lowest BCUT2D eigenvalue weighted by molar-refractivity contribution is -0.120. The van der Waals surface area contributed by atoms with Crippen molar-refractivity contribution in [3.05, 3.63) is 12.4 Å². The fourth-order valence-corrected chi connectivity index (χ4v) is 2.07. The minimum Gasteiger partial charge on any atom is -0.368 e. The maximum absolute atomic E-state index is 12.0. The van der Waals surface area contributed by atoms with Crippen molar-refractivity contribution in [2.24, 2.45) is 17.6 Å². The average Bonchev–Trinajstić information content (AvgIpc) is 2.87. The molecule has 0 unspecified atom stereocenters. The van der Waals surface area contributed by atoms with Gasteiger partial charge in [-0.15, -0.1) is 0 Å². The molecule has 98 valence electrons. The Morgan fingerprint density at radius 2 is 2.39 bits per heavy atom. The quantitative estimate of drug-likeness (QED) is 0.649. The third-order valence-corrected chi connectivity index (χ3v) is 3.07. The van der Waals surface area contributed by atoms with Crippen LogP contribution in [0.3, 0.4) is 0 Å². The Labute approximate surface area is 105 Å². The number of hydrogen-bond donors (Lipinski definition) is 3. The summed E-state index contributed by atoms with van der Waals surface area (Å²) in [6.45, 7) is 3.61. The summed E-state index contributed by atoms with van der Waals surface area (Å²) in [7, 11) is 0. The predicted octanol–water partition coefficient (Wildman–Crippen LogP) is -0.838. The Bertz CT molecular complexity index is 456. The molecule has 0 radical (unpaired) electrons. The van der Waals surface area contributed by atoms with Crippen LogP contribution in [0.15, 0.2) is 12.4 Å². The molecule has 7 heteroatoms. The molecule has 0 saturated carbocycles. The molecule has 4 N–H and O–H groups in total. The standard InChI is InChI=1S/C11H17N5O2/c1-7-2-13-4-9(7)11(18)15-8-3-14-16(5-8)6-10(12)17/h3,5,7,9,13H,2,4,6H2,1H3,(H2,12,17)(H,15,18)/t7-,9-/m1/s1. The number of nitrogens with two attached hydrogens (primary N) is 1. The van der Waals surface area contributed by atoms with Gasteiger partial charge in [-0.1, -0.05) is 6.92 Å². The molecule has 1 fully saturated rings. The molecule has 0 spiro atoms. The molecule has 0 aromatic carbocycles. The smallest absolute Gasteiger partial charge is 0.239 e. The SMILES string of the molecule is C[C@@H]1CNC[C@H]1C(=O)Nc1cnn(CC(N)=O)c1. The number of carbonyl (C=O) groups is 2. The monoisotopic (exact) mass is 251 g/mol. The first kappa shape index (κ1) is 12.6. The summed E-state index contributed by atoms with van der Waals surface area (Å²) in [5, 5.41) is 9.91. The van der Waals surface area contributed by atoms with Crippen LogP contribution in [0.1, 0.15) is 6.92 Å². The molecule has 1 aliphatic heterocycles. The molecule has 2 amide bonds. The first-order chi connectivity index (χ1) is 8.56. The van der Waals surface area contributed by atoms with Crippen LogP contribution in [0, 0.1) is 11.8 Å². The molecular weight excluding hydrogens is 234 g/mol. The van der Waals surface area contributed by atoms with Crippen LogP contribution in [0.4, 0.5) is 5.69 Å². The zero-order valence-electron chi connectivity index (χ0n) is 10.2. The number of anilines is 1. The Morgan fingerprint density at radius 1 is 1.61 bits per heavy atom. The summed E-state index contributed by atoms with van der Waals surface area (Å²) in [6.07, 6.45) is 3.10. The molecule has 0 bridgehead atoms. The molecule has 1 saturated heterocycles. The Morgan fingerprint density at radius 3 is 3.00 bits per heavy atom. The normalized spacial score (nSPS) is 22.9. The molecule has 2 heterocycles.